The van der Waals surface area contributed by atoms with E-state index in [4.69, 9.17) is 21.1 Å². The molecule has 10 nitrogen and oxygen atoms in total. The lowest BCUT2D eigenvalue weighted by Gasteiger charge is -2.44. The van der Waals surface area contributed by atoms with Gasteiger partial charge in [-0.3, -0.25) is 4.79 Å². The summed E-state index contributed by atoms with van der Waals surface area (Å²) >= 11 is 6.24. The Morgan fingerprint density at radius 2 is 2.17 bits per heavy atom. The standard InChI is InChI=1S/C25H24ClN7O3/c1-32-8-9-33-17(13-32)14-36-21-10-16(6-7-19(21)33)29-25-28-12-18(26)23(31-25)24(34)30-22-15(11-27)4-3-5-20(22)35-2/h3-7,10,12,17H,8-9,13-14H2,1-2H3,(H,30,34)(H,28,29,31)/t17-/m0/s1. The van der Waals surface area contributed by atoms with E-state index in [2.05, 4.69) is 37.4 Å². The highest BCUT2D eigenvalue weighted by atomic mass is 35.5. The first-order valence-corrected chi connectivity index (χ1v) is 11.7. The Labute approximate surface area is 213 Å². The van der Waals surface area contributed by atoms with Crippen molar-refractivity contribution in [2.75, 3.05) is 55.9 Å². The maximum absolute atomic E-state index is 13.0. The summed E-state index contributed by atoms with van der Waals surface area (Å²) in [5, 5.41) is 15.3. The van der Waals surface area contributed by atoms with E-state index in [0.717, 1.165) is 31.1 Å². The first-order chi connectivity index (χ1) is 17.5. The van der Waals surface area contributed by atoms with Crippen molar-refractivity contribution in [3.63, 3.8) is 0 Å². The van der Waals surface area contributed by atoms with Gasteiger partial charge in [0.2, 0.25) is 5.95 Å². The van der Waals surface area contributed by atoms with Crippen molar-refractivity contribution >= 4 is 40.5 Å². The first kappa shape index (κ1) is 23.7. The van der Waals surface area contributed by atoms with Gasteiger partial charge in [0.05, 0.1) is 35.6 Å². The summed E-state index contributed by atoms with van der Waals surface area (Å²) in [4.78, 5) is 26.2. The number of amides is 1. The molecule has 0 aliphatic carbocycles. The van der Waals surface area contributed by atoms with Crippen LogP contribution in [0.2, 0.25) is 5.02 Å². The van der Waals surface area contributed by atoms with Crippen LogP contribution >= 0.6 is 11.6 Å². The Morgan fingerprint density at radius 3 is 2.97 bits per heavy atom. The molecule has 1 amide bonds. The molecule has 2 aliphatic heterocycles. The van der Waals surface area contributed by atoms with Gasteiger partial charge in [-0.1, -0.05) is 17.7 Å². The summed E-state index contributed by atoms with van der Waals surface area (Å²) < 4.78 is 11.3. The van der Waals surface area contributed by atoms with Gasteiger partial charge in [-0.25, -0.2) is 9.97 Å². The molecule has 1 saturated heterocycles. The molecular formula is C25H24ClN7O3. The van der Waals surface area contributed by atoms with Crippen LogP contribution in [-0.4, -0.2) is 67.2 Å². The van der Waals surface area contributed by atoms with Crippen LogP contribution in [-0.2, 0) is 0 Å². The van der Waals surface area contributed by atoms with Crippen molar-refractivity contribution in [3.8, 4) is 17.6 Å². The number of carbonyl (C=O) groups is 1. The molecule has 1 aromatic heterocycles. The fourth-order valence-electron chi connectivity index (χ4n) is 4.41. The third-order valence-corrected chi connectivity index (χ3v) is 6.48. The molecule has 36 heavy (non-hydrogen) atoms. The monoisotopic (exact) mass is 505 g/mol. The molecule has 5 rings (SSSR count). The molecule has 0 radical (unpaired) electrons. The quantitative estimate of drug-likeness (QED) is 0.537. The van der Waals surface area contributed by atoms with Gasteiger partial charge < -0.3 is 29.9 Å². The summed E-state index contributed by atoms with van der Waals surface area (Å²) in [6.45, 7) is 3.54. The molecule has 0 saturated carbocycles. The zero-order valence-electron chi connectivity index (χ0n) is 19.8. The van der Waals surface area contributed by atoms with Crippen LogP contribution in [0.4, 0.5) is 23.0 Å². The second-order valence-electron chi connectivity index (χ2n) is 8.57. The highest BCUT2D eigenvalue weighted by Crippen LogP contribution is 2.37. The molecule has 3 heterocycles. The van der Waals surface area contributed by atoms with E-state index in [-0.39, 0.29) is 27.9 Å². The van der Waals surface area contributed by atoms with E-state index in [9.17, 15) is 10.1 Å². The fraction of sp³-hybridized carbons (Fsp3) is 0.280. The second-order valence-corrected chi connectivity index (χ2v) is 8.97. The number of nitriles is 1. The van der Waals surface area contributed by atoms with Crippen LogP contribution in [0.1, 0.15) is 16.1 Å². The third-order valence-electron chi connectivity index (χ3n) is 6.21. The number of carbonyl (C=O) groups excluding carboxylic acids is 1. The molecule has 0 spiro atoms. The van der Waals surface area contributed by atoms with Crippen molar-refractivity contribution in [2.24, 2.45) is 0 Å². The minimum Gasteiger partial charge on any atom is -0.495 e. The number of ether oxygens (including phenoxy) is 2. The molecule has 2 aliphatic rings. The van der Waals surface area contributed by atoms with Crippen LogP contribution in [0.3, 0.4) is 0 Å². The first-order valence-electron chi connectivity index (χ1n) is 11.4. The number of hydrogen-bond donors (Lipinski definition) is 2. The molecule has 2 N–H and O–H groups in total. The SMILES string of the molecule is COc1cccc(C#N)c1NC(=O)c1nc(Nc2ccc3c(c2)OC[C@@H]2CN(C)CCN32)ncc1Cl. The van der Waals surface area contributed by atoms with E-state index in [0.29, 0.717) is 24.1 Å². The van der Waals surface area contributed by atoms with E-state index in [1.807, 2.05) is 24.3 Å². The summed E-state index contributed by atoms with van der Waals surface area (Å²) in [5.74, 6) is 0.732. The molecule has 3 aromatic rings. The smallest absolute Gasteiger partial charge is 0.276 e. The van der Waals surface area contributed by atoms with Crippen molar-refractivity contribution in [1.29, 1.82) is 5.26 Å². The Hall–Kier alpha value is -4.07. The largest absolute Gasteiger partial charge is 0.495 e. The fourth-order valence-corrected chi connectivity index (χ4v) is 4.59. The number of halogens is 1. The van der Waals surface area contributed by atoms with Crippen molar-refractivity contribution in [2.45, 2.75) is 6.04 Å². The maximum Gasteiger partial charge on any atom is 0.276 e. The van der Waals surface area contributed by atoms with Crippen LogP contribution in [0.25, 0.3) is 0 Å². The molecule has 0 unspecified atom stereocenters. The van der Waals surface area contributed by atoms with Gasteiger partial charge in [-0.15, -0.1) is 0 Å². The third kappa shape index (κ3) is 4.58. The van der Waals surface area contributed by atoms with Gasteiger partial charge in [-0.05, 0) is 31.3 Å². The number of methoxy groups -OCH3 is 1. The highest BCUT2D eigenvalue weighted by molar-refractivity contribution is 6.34. The number of nitrogens with one attached hydrogen (secondary N) is 2. The Balaban J connectivity index is 1.36. The van der Waals surface area contributed by atoms with Crippen LogP contribution in [0.15, 0.2) is 42.6 Å². The molecule has 1 fully saturated rings. The molecule has 2 aromatic carbocycles. The number of likely N-dealkylation sites (N-methyl/N-ethyl adjacent to an activating group) is 1. The number of hydrogen-bond acceptors (Lipinski definition) is 9. The Kier molecular flexibility index (Phi) is 6.50. The maximum atomic E-state index is 13.0. The number of rotatable bonds is 5. The zero-order valence-corrected chi connectivity index (χ0v) is 20.5. The molecule has 11 heteroatoms. The van der Waals surface area contributed by atoms with Crippen molar-refractivity contribution in [1.82, 2.24) is 14.9 Å². The average Bonchev–Trinajstić information content (AvgIpc) is 2.89. The zero-order chi connectivity index (χ0) is 25.2. The average molecular weight is 506 g/mol. The molecule has 0 bridgehead atoms. The van der Waals surface area contributed by atoms with Crippen molar-refractivity contribution < 1.29 is 14.3 Å². The summed E-state index contributed by atoms with van der Waals surface area (Å²) in [6, 6.07) is 13.1. The molecule has 1 atom stereocenters. The Bertz CT molecular complexity index is 1360. The van der Waals surface area contributed by atoms with Gasteiger partial charge in [0.1, 0.15) is 29.9 Å². The molecule has 184 valence electrons. The number of fused-ring (bicyclic) bond motifs is 3. The summed E-state index contributed by atoms with van der Waals surface area (Å²) in [7, 11) is 3.58. The van der Waals surface area contributed by atoms with E-state index >= 15 is 0 Å². The molecular weight excluding hydrogens is 482 g/mol. The van der Waals surface area contributed by atoms with E-state index in [1.165, 1.54) is 13.3 Å². The number of benzene rings is 2. The van der Waals surface area contributed by atoms with Gasteiger partial charge in [-0.2, -0.15) is 5.26 Å². The number of anilines is 4. The van der Waals surface area contributed by atoms with Crippen LogP contribution in [0, 0.1) is 11.3 Å². The normalized spacial score (nSPS) is 16.7. The lowest BCUT2D eigenvalue weighted by atomic mass is 10.1. The number of aromatic nitrogens is 2. The minimum atomic E-state index is -0.596. The summed E-state index contributed by atoms with van der Waals surface area (Å²) in [5.41, 5.74) is 2.23. The topological polar surface area (TPSA) is 116 Å². The highest BCUT2D eigenvalue weighted by Gasteiger charge is 2.31. The van der Waals surface area contributed by atoms with Crippen LogP contribution < -0.4 is 25.0 Å². The van der Waals surface area contributed by atoms with E-state index < -0.39 is 5.91 Å². The summed E-state index contributed by atoms with van der Waals surface area (Å²) in [6.07, 6.45) is 1.35. The lowest BCUT2D eigenvalue weighted by molar-refractivity contribution is 0.102. The van der Waals surface area contributed by atoms with Crippen molar-refractivity contribution in [3.05, 3.63) is 58.9 Å². The predicted molar refractivity (Wildman–Crippen MR) is 137 cm³/mol. The van der Waals surface area contributed by atoms with Gasteiger partial charge in [0.15, 0.2) is 5.69 Å². The number of piperazine rings is 1. The van der Waals surface area contributed by atoms with Gasteiger partial charge in [0.25, 0.3) is 5.91 Å². The second kappa shape index (κ2) is 9.89. The predicted octanol–water partition coefficient (Wildman–Crippen LogP) is 3.52. The number of nitrogens with zero attached hydrogens (tertiary/aromatic N) is 5. The lowest BCUT2D eigenvalue weighted by Crippen LogP contribution is -2.56. The van der Waals surface area contributed by atoms with Gasteiger partial charge >= 0.3 is 0 Å². The van der Waals surface area contributed by atoms with E-state index in [1.54, 1.807) is 18.2 Å². The van der Waals surface area contributed by atoms with Crippen LogP contribution in [0.5, 0.6) is 11.5 Å². The Morgan fingerprint density at radius 1 is 1.31 bits per heavy atom. The number of para-hydroxylation sites is 1. The van der Waals surface area contributed by atoms with Gasteiger partial charge in [0, 0.05) is 31.4 Å². The minimum absolute atomic E-state index is 0.0431.